The molecule has 1 heterocycles. The van der Waals surface area contributed by atoms with Crippen LogP contribution in [0, 0.1) is 5.41 Å². The van der Waals surface area contributed by atoms with Gasteiger partial charge in [-0.2, -0.15) is 0 Å². The zero-order chi connectivity index (χ0) is 13.9. The molecule has 0 aliphatic rings. The van der Waals surface area contributed by atoms with Crippen molar-refractivity contribution in [1.29, 1.82) is 0 Å². The predicted octanol–water partition coefficient (Wildman–Crippen LogP) is 2.12. The summed E-state index contributed by atoms with van der Waals surface area (Å²) in [5.41, 5.74) is 6.62. The van der Waals surface area contributed by atoms with Gasteiger partial charge in [0, 0.05) is 7.11 Å². The zero-order valence-electron chi connectivity index (χ0n) is 11.4. The molecule has 0 saturated carbocycles. The maximum absolute atomic E-state index is 11.6. The average molecular weight is 272 g/mol. The van der Waals surface area contributed by atoms with Crippen molar-refractivity contribution in [3.05, 3.63) is 15.6 Å². The van der Waals surface area contributed by atoms with E-state index >= 15 is 0 Å². The summed E-state index contributed by atoms with van der Waals surface area (Å²) in [7, 11) is 2.91. The van der Waals surface area contributed by atoms with Crippen LogP contribution in [0.1, 0.15) is 47.2 Å². The first-order valence-electron chi connectivity index (χ1n) is 5.63. The SMILES string of the molecule is COCc1nc(C(N)C(C)(C)C)sc1C(=O)OC. The second-order valence-electron chi connectivity index (χ2n) is 5.10. The van der Waals surface area contributed by atoms with E-state index in [0.29, 0.717) is 10.6 Å². The van der Waals surface area contributed by atoms with Gasteiger partial charge in [-0.05, 0) is 5.41 Å². The molecule has 2 N–H and O–H groups in total. The summed E-state index contributed by atoms with van der Waals surface area (Å²) >= 11 is 1.28. The highest BCUT2D eigenvalue weighted by atomic mass is 32.1. The summed E-state index contributed by atoms with van der Waals surface area (Å²) in [6.45, 7) is 6.38. The number of nitrogens with zero attached hydrogens (tertiary/aromatic N) is 1. The zero-order valence-corrected chi connectivity index (χ0v) is 12.3. The molecule has 0 aromatic carbocycles. The number of hydrogen-bond donors (Lipinski definition) is 1. The van der Waals surface area contributed by atoms with Gasteiger partial charge in [0.2, 0.25) is 0 Å². The second-order valence-corrected chi connectivity index (χ2v) is 6.13. The topological polar surface area (TPSA) is 74.4 Å². The van der Waals surface area contributed by atoms with Crippen molar-refractivity contribution in [2.45, 2.75) is 33.4 Å². The van der Waals surface area contributed by atoms with Crippen LogP contribution in [0.3, 0.4) is 0 Å². The number of ether oxygens (including phenoxy) is 2. The molecular formula is C12H20N2O3S. The minimum Gasteiger partial charge on any atom is -0.465 e. The van der Waals surface area contributed by atoms with Crippen LogP contribution in [0.4, 0.5) is 0 Å². The molecule has 1 atom stereocenters. The third-order valence-corrected chi connectivity index (χ3v) is 3.73. The molecule has 102 valence electrons. The van der Waals surface area contributed by atoms with Gasteiger partial charge in [-0.3, -0.25) is 0 Å². The summed E-state index contributed by atoms with van der Waals surface area (Å²) in [6, 6.07) is -0.225. The van der Waals surface area contributed by atoms with Crippen molar-refractivity contribution >= 4 is 17.3 Å². The summed E-state index contributed by atoms with van der Waals surface area (Å²) in [5, 5.41) is 0.731. The van der Waals surface area contributed by atoms with Gasteiger partial charge < -0.3 is 15.2 Å². The molecule has 5 nitrogen and oxygen atoms in total. The number of aromatic nitrogens is 1. The number of carbonyl (C=O) groups is 1. The number of thiazole rings is 1. The Labute approximate surface area is 111 Å². The first kappa shape index (κ1) is 15.1. The number of methoxy groups -OCH3 is 2. The second kappa shape index (κ2) is 5.77. The van der Waals surface area contributed by atoms with Crippen LogP contribution in [0.15, 0.2) is 0 Å². The minimum absolute atomic E-state index is 0.115. The van der Waals surface area contributed by atoms with Gasteiger partial charge >= 0.3 is 5.97 Å². The van der Waals surface area contributed by atoms with Crippen molar-refractivity contribution in [2.75, 3.05) is 14.2 Å². The van der Waals surface area contributed by atoms with Gasteiger partial charge in [-0.25, -0.2) is 9.78 Å². The fraction of sp³-hybridized carbons (Fsp3) is 0.667. The van der Waals surface area contributed by atoms with Crippen LogP contribution in [0.2, 0.25) is 0 Å². The standard InChI is InChI=1S/C12H20N2O3S/c1-12(2,3)9(13)10-14-7(6-16-4)8(18-10)11(15)17-5/h9H,6,13H2,1-5H3. The first-order chi connectivity index (χ1) is 8.31. The van der Waals surface area contributed by atoms with E-state index in [1.165, 1.54) is 18.4 Å². The van der Waals surface area contributed by atoms with Crippen molar-refractivity contribution in [3.63, 3.8) is 0 Å². The molecule has 0 amide bonds. The number of hydrogen-bond acceptors (Lipinski definition) is 6. The molecule has 1 aromatic heterocycles. The molecule has 0 aliphatic carbocycles. The highest BCUT2D eigenvalue weighted by molar-refractivity contribution is 7.13. The lowest BCUT2D eigenvalue weighted by atomic mass is 9.88. The maximum Gasteiger partial charge on any atom is 0.350 e. The molecule has 0 spiro atoms. The largest absolute Gasteiger partial charge is 0.465 e. The van der Waals surface area contributed by atoms with Gasteiger partial charge in [0.05, 0.1) is 25.5 Å². The Morgan fingerprint density at radius 3 is 2.50 bits per heavy atom. The Morgan fingerprint density at radius 1 is 1.44 bits per heavy atom. The van der Waals surface area contributed by atoms with Crippen LogP contribution in [0.5, 0.6) is 0 Å². The fourth-order valence-electron chi connectivity index (χ4n) is 1.36. The number of rotatable bonds is 4. The van der Waals surface area contributed by atoms with E-state index in [1.807, 2.05) is 20.8 Å². The molecule has 1 aromatic rings. The van der Waals surface area contributed by atoms with Crippen molar-refractivity contribution in [2.24, 2.45) is 11.1 Å². The third kappa shape index (κ3) is 3.28. The van der Waals surface area contributed by atoms with E-state index in [4.69, 9.17) is 15.2 Å². The lowest BCUT2D eigenvalue weighted by Crippen LogP contribution is -2.26. The quantitative estimate of drug-likeness (QED) is 0.850. The van der Waals surface area contributed by atoms with Crippen molar-refractivity contribution < 1.29 is 14.3 Å². The van der Waals surface area contributed by atoms with E-state index < -0.39 is 5.97 Å². The van der Waals surface area contributed by atoms with Gasteiger partial charge in [-0.1, -0.05) is 20.8 Å². The maximum atomic E-state index is 11.6. The molecule has 1 unspecified atom stereocenters. The normalized spacial score (nSPS) is 13.4. The van der Waals surface area contributed by atoms with E-state index in [1.54, 1.807) is 7.11 Å². The average Bonchev–Trinajstić information content (AvgIpc) is 2.70. The molecular weight excluding hydrogens is 252 g/mol. The Balaban J connectivity index is 3.13. The van der Waals surface area contributed by atoms with E-state index in [0.717, 1.165) is 5.01 Å². The Morgan fingerprint density at radius 2 is 2.06 bits per heavy atom. The molecule has 0 radical (unpaired) electrons. The van der Waals surface area contributed by atoms with Gasteiger partial charge in [0.15, 0.2) is 0 Å². The monoisotopic (exact) mass is 272 g/mol. The van der Waals surface area contributed by atoms with Crippen molar-refractivity contribution in [1.82, 2.24) is 4.98 Å². The Kier molecular flexibility index (Phi) is 4.84. The van der Waals surface area contributed by atoms with Crippen LogP contribution in [-0.4, -0.2) is 25.2 Å². The molecule has 0 aliphatic heterocycles. The third-order valence-electron chi connectivity index (χ3n) is 2.56. The summed E-state index contributed by atoms with van der Waals surface area (Å²) < 4.78 is 9.77. The smallest absolute Gasteiger partial charge is 0.350 e. The molecule has 1 rings (SSSR count). The van der Waals surface area contributed by atoms with Crippen LogP contribution < -0.4 is 5.73 Å². The van der Waals surface area contributed by atoms with Gasteiger partial charge in [0.25, 0.3) is 0 Å². The van der Waals surface area contributed by atoms with E-state index in [2.05, 4.69) is 4.98 Å². The number of carbonyl (C=O) groups excluding carboxylic acids is 1. The highest BCUT2D eigenvalue weighted by Gasteiger charge is 2.28. The summed E-state index contributed by atoms with van der Waals surface area (Å²) in [4.78, 5) is 16.5. The minimum atomic E-state index is -0.396. The first-order valence-corrected chi connectivity index (χ1v) is 6.45. The molecule has 0 fully saturated rings. The van der Waals surface area contributed by atoms with Crippen LogP contribution in [-0.2, 0) is 16.1 Å². The van der Waals surface area contributed by atoms with E-state index in [-0.39, 0.29) is 18.1 Å². The van der Waals surface area contributed by atoms with E-state index in [9.17, 15) is 4.79 Å². The summed E-state index contributed by atoms with van der Waals surface area (Å²) in [5.74, 6) is -0.396. The molecule has 18 heavy (non-hydrogen) atoms. The predicted molar refractivity (Wildman–Crippen MR) is 70.5 cm³/mol. The van der Waals surface area contributed by atoms with Gasteiger partial charge in [-0.15, -0.1) is 11.3 Å². The lowest BCUT2D eigenvalue weighted by molar-refractivity contribution is 0.0601. The van der Waals surface area contributed by atoms with Crippen LogP contribution in [0.25, 0.3) is 0 Å². The van der Waals surface area contributed by atoms with Crippen LogP contribution >= 0.6 is 11.3 Å². The molecule has 0 saturated heterocycles. The number of nitrogens with two attached hydrogens (primary N) is 1. The Hall–Kier alpha value is -0.980. The lowest BCUT2D eigenvalue weighted by Gasteiger charge is -2.24. The van der Waals surface area contributed by atoms with Crippen molar-refractivity contribution in [3.8, 4) is 0 Å². The highest BCUT2D eigenvalue weighted by Crippen LogP contribution is 2.34. The molecule has 6 heteroatoms. The Bertz CT molecular complexity index is 423. The molecule has 0 bridgehead atoms. The number of esters is 1. The van der Waals surface area contributed by atoms with Gasteiger partial charge in [0.1, 0.15) is 9.88 Å². The fourth-order valence-corrected chi connectivity index (χ4v) is 2.59. The summed E-state index contributed by atoms with van der Waals surface area (Å²) in [6.07, 6.45) is 0.